The predicted molar refractivity (Wildman–Crippen MR) is 86.8 cm³/mol. The highest BCUT2D eigenvalue weighted by Gasteiger charge is 2.30. The van der Waals surface area contributed by atoms with Gasteiger partial charge in [0.2, 0.25) is 0 Å². The van der Waals surface area contributed by atoms with Crippen LogP contribution < -0.4 is 0 Å². The topological polar surface area (TPSA) is 74.6 Å². The van der Waals surface area contributed by atoms with Gasteiger partial charge in [0.25, 0.3) is 0 Å². The Morgan fingerprint density at radius 1 is 0.913 bits per heavy atom. The van der Waals surface area contributed by atoms with Crippen molar-refractivity contribution in [1.82, 2.24) is 0 Å². The second-order valence-electron chi connectivity index (χ2n) is 6.05. The zero-order valence-electron chi connectivity index (χ0n) is 13.0. The van der Waals surface area contributed by atoms with E-state index in [1.165, 1.54) is 0 Å². The SMILES string of the molecule is CC(C(=O)O)c1ccc2c(c1C(C)C(=O)O)Cc1ccccc1-2. The van der Waals surface area contributed by atoms with Gasteiger partial charge in [-0.05, 0) is 53.6 Å². The van der Waals surface area contributed by atoms with Gasteiger partial charge in [0, 0.05) is 0 Å². The van der Waals surface area contributed by atoms with Crippen LogP contribution in [0.2, 0.25) is 0 Å². The van der Waals surface area contributed by atoms with E-state index < -0.39 is 23.8 Å². The van der Waals surface area contributed by atoms with Gasteiger partial charge >= 0.3 is 11.9 Å². The Hall–Kier alpha value is -2.62. The summed E-state index contributed by atoms with van der Waals surface area (Å²) in [6, 6.07) is 11.7. The molecule has 0 fully saturated rings. The van der Waals surface area contributed by atoms with E-state index in [-0.39, 0.29) is 0 Å². The molecular weight excluding hydrogens is 292 g/mol. The van der Waals surface area contributed by atoms with Crippen LogP contribution in [0.15, 0.2) is 36.4 Å². The lowest BCUT2D eigenvalue weighted by atomic mass is 9.83. The molecule has 2 N–H and O–H groups in total. The minimum absolute atomic E-state index is 0.596. The average molecular weight is 310 g/mol. The molecule has 118 valence electrons. The van der Waals surface area contributed by atoms with Crippen molar-refractivity contribution in [3.63, 3.8) is 0 Å². The number of fused-ring (bicyclic) bond motifs is 3. The lowest BCUT2D eigenvalue weighted by Crippen LogP contribution is -2.17. The number of benzene rings is 2. The third kappa shape index (κ3) is 2.40. The fraction of sp³-hybridized carbons (Fsp3) is 0.263. The van der Waals surface area contributed by atoms with Crippen LogP contribution in [0.25, 0.3) is 11.1 Å². The van der Waals surface area contributed by atoms with Crippen molar-refractivity contribution in [2.24, 2.45) is 0 Å². The number of hydrogen-bond acceptors (Lipinski definition) is 2. The van der Waals surface area contributed by atoms with E-state index in [0.717, 1.165) is 22.3 Å². The minimum Gasteiger partial charge on any atom is -0.481 e. The Kier molecular flexibility index (Phi) is 3.68. The van der Waals surface area contributed by atoms with Gasteiger partial charge in [0.15, 0.2) is 0 Å². The van der Waals surface area contributed by atoms with Crippen LogP contribution >= 0.6 is 0 Å². The Labute approximate surface area is 134 Å². The monoisotopic (exact) mass is 310 g/mol. The molecule has 4 nitrogen and oxygen atoms in total. The third-order valence-electron chi connectivity index (χ3n) is 4.71. The standard InChI is InChI=1S/C19H18O4/c1-10(18(20)21)13-7-8-15-14-6-4-3-5-12(14)9-16(15)17(13)11(2)19(22)23/h3-8,10-11H,9H2,1-2H3,(H,20,21)(H,22,23). The van der Waals surface area contributed by atoms with Crippen molar-refractivity contribution in [2.75, 3.05) is 0 Å². The first-order valence-electron chi connectivity index (χ1n) is 7.61. The van der Waals surface area contributed by atoms with Gasteiger partial charge in [-0.3, -0.25) is 9.59 Å². The molecule has 1 aliphatic carbocycles. The molecule has 2 unspecified atom stereocenters. The minimum atomic E-state index is -0.945. The predicted octanol–water partition coefficient (Wildman–Crippen LogP) is 3.63. The van der Waals surface area contributed by atoms with E-state index in [1.54, 1.807) is 19.9 Å². The highest BCUT2D eigenvalue weighted by molar-refractivity contribution is 5.86. The van der Waals surface area contributed by atoms with Gasteiger partial charge in [0.1, 0.15) is 0 Å². The van der Waals surface area contributed by atoms with Gasteiger partial charge < -0.3 is 10.2 Å². The van der Waals surface area contributed by atoms with Gasteiger partial charge in [-0.1, -0.05) is 36.4 Å². The lowest BCUT2D eigenvalue weighted by molar-refractivity contribution is -0.140. The Morgan fingerprint density at radius 3 is 2.22 bits per heavy atom. The molecule has 0 radical (unpaired) electrons. The number of aliphatic carboxylic acids is 2. The number of rotatable bonds is 4. The molecule has 0 aliphatic heterocycles. The summed E-state index contributed by atoms with van der Waals surface area (Å²) in [6.45, 7) is 3.23. The van der Waals surface area contributed by atoms with E-state index in [9.17, 15) is 19.8 Å². The van der Waals surface area contributed by atoms with Gasteiger partial charge in [-0.15, -0.1) is 0 Å². The first-order chi connectivity index (χ1) is 10.9. The fourth-order valence-electron chi connectivity index (χ4n) is 3.40. The van der Waals surface area contributed by atoms with Crippen LogP contribution in [-0.2, 0) is 16.0 Å². The van der Waals surface area contributed by atoms with Gasteiger partial charge in [-0.25, -0.2) is 0 Å². The molecule has 0 spiro atoms. The molecule has 0 saturated heterocycles. The van der Waals surface area contributed by atoms with Gasteiger partial charge in [-0.2, -0.15) is 0 Å². The van der Waals surface area contributed by atoms with Crippen molar-refractivity contribution in [3.05, 3.63) is 58.7 Å². The largest absolute Gasteiger partial charge is 0.481 e. The number of carbonyl (C=O) groups is 2. The Bertz CT molecular complexity index is 807. The molecule has 0 heterocycles. The summed E-state index contributed by atoms with van der Waals surface area (Å²) in [4.78, 5) is 23.0. The maximum atomic E-state index is 11.6. The van der Waals surface area contributed by atoms with Crippen molar-refractivity contribution >= 4 is 11.9 Å². The average Bonchev–Trinajstić information content (AvgIpc) is 2.90. The summed E-state index contributed by atoms with van der Waals surface area (Å²) in [5, 5.41) is 18.8. The molecule has 2 atom stereocenters. The van der Waals surface area contributed by atoms with Crippen LogP contribution in [0.1, 0.15) is 47.9 Å². The van der Waals surface area contributed by atoms with Crippen molar-refractivity contribution < 1.29 is 19.8 Å². The smallest absolute Gasteiger partial charge is 0.310 e. The molecule has 4 heteroatoms. The molecule has 0 bridgehead atoms. The third-order valence-corrected chi connectivity index (χ3v) is 4.71. The van der Waals surface area contributed by atoms with Crippen LogP contribution in [0.3, 0.4) is 0 Å². The van der Waals surface area contributed by atoms with Crippen LogP contribution in [0, 0.1) is 0 Å². The normalized spacial score (nSPS) is 14.7. The van der Waals surface area contributed by atoms with Crippen LogP contribution in [-0.4, -0.2) is 22.2 Å². The summed E-state index contributed by atoms with van der Waals surface area (Å²) < 4.78 is 0. The van der Waals surface area contributed by atoms with Crippen molar-refractivity contribution in [1.29, 1.82) is 0 Å². The van der Waals surface area contributed by atoms with Crippen molar-refractivity contribution in [3.8, 4) is 11.1 Å². The summed E-state index contributed by atoms with van der Waals surface area (Å²) in [7, 11) is 0. The molecule has 2 aromatic carbocycles. The van der Waals surface area contributed by atoms with Gasteiger partial charge in [0.05, 0.1) is 11.8 Å². The second-order valence-corrected chi connectivity index (χ2v) is 6.05. The highest BCUT2D eigenvalue weighted by Crippen LogP contribution is 2.43. The summed E-state index contributed by atoms with van der Waals surface area (Å²) in [6.07, 6.45) is 0.651. The van der Waals surface area contributed by atoms with E-state index in [1.807, 2.05) is 30.3 Å². The van der Waals surface area contributed by atoms with Crippen molar-refractivity contribution in [2.45, 2.75) is 32.1 Å². The molecule has 2 aromatic rings. The van der Waals surface area contributed by atoms with E-state index >= 15 is 0 Å². The molecular formula is C19H18O4. The molecule has 0 amide bonds. The van der Waals surface area contributed by atoms with E-state index in [0.29, 0.717) is 17.5 Å². The zero-order valence-corrected chi connectivity index (χ0v) is 13.0. The summed E-state index contributed by atoms with van der Waals surface area (Å²) >= 11 is 0. The Morgan fingerprint density at radius 2 is 1.57 bits per heavy atom. The molecule has 3 rings (SSSR count). The maximum absolute atomic E-state index is 11.6. The molecule has 23 heavy (non-hydrogen) atoms. The summed E-state index contributed by atoms with van der Waals surface area (Å²) in [5.74, 6) is -3.36. The lowest BCUT2D eigenvalue weighted by Gasteiger charge is -2.20. The second kappa shape index (κ2) is 5.54. The number of carboxylic acids is 2. The fourth-order valence-corrected chi connectivity index (χ4v) is 3.40. The molecule has 0 saturated carbocycles. The Balaban J connectivity index is 2.25. The number of hydrogen-bond donors (Lipinski definition) is 2. The van der Waals surface area contributed by atoms with Crippen LogP contribution in [0.5, 0.6) is 0 Å². The maximum Gasteiger partial charge on any atom is 0.310 e. The van der Waals surface area contributed by atoms with E-state index in [4.69, 9.17) is 0 Å². The molecule has 1 aliphatic rings. The first kappa shape index (κ1) is 15.3. The van der Waals surface area contributed by atoms with Crippen LogP contribution in [0.4, 0.5) is 0 Å². The van der Waals surface area contributed by atoms with E-state index in [2.05, 4.69) is 0 Å². The first-order valence-corrected chi connectivity index (χ1v) is 7.61. The summed E-state index contributed by atoms with van der Waals surface area (Å²) in [5.41, 5.74) is 5.48. The molecule has 0 aromatic heterocycles. The zero-order chi connectivity index (χ0) is 16.7. The highest BCUT2D eigenvalue weighted by atomic mass is 16.4. The quantitative estimate of drug-likeness (QED) is 0.771. The number of carboxylic acid groups (broad SMARTS) is 2.